The zero-order valence-corrected chi connectivity index (χ0v) is 10.7. The highest BCUT2D eigenvalue weighted by atomic mass is 16.5. The Labute approximate surface area is 103 Å². The van der Waals surface area contributed by atoms with Crippen LogP contribution in [0.15, 0.2) is 10.6 Å². The molecule has 2 unspecified atom stereocenters. The molecule has 0 spiro atoms. The smallest absolute Gasteiger partial charge is 0.194 e. The van der Waals surface area contributed by atoms with Crippen LogP contribution in [0.1, 0.15) is 50.9 Å². The van der Waals surface area contributed by atoms with Crippen molar-refractivity contribution in [2.75, 3.05) is 13.1 Å². The van der Waals surface area contributed by atoms with Gasteiger partial charge < -0.3 is 14.5 Å². The molecule has 1 saturated heterocycles. The molecule has 0 saturated carbocycles. The number of ether oxygens (including phenoxy) is 1. The van der Waals surface area contributed by atoms with Crippen molar-refractivity contribution in [2.24, 2.45) is 0 Å². The van der Waals surface area contributed by atoms with Crippen LogP contribution < -0.4 is 5.32 Å². The van der Waals surface area contributed by atoms with E-state index in [-0.39, 0.29) is 6.10 Å². The van der Waals surface area contributed by atoms with E-state index >= 15 is 0 Å². The largest absolute Gasteiger partial charge is 0.443 e. The number of rotatable bonds is 6. The average Bonchev–Trinajstić information content (AvgIpc) is 2.93. The van der Waals surface area contributed by atoms with E-state index in [1.165, 1.54) is 0 Å². The van der Waals surface area contributed by atoms with Gasteiger partial charge in [-0.3, -0.25) is 0 Å². The molecule has 1 aromatic rings. The molecular weight excluding hydrogens is 216 g/mol. The summed E-state index contributed by atoms with van der Waals surface area (Å²) in [6.45, 7) is 6.26. The van der Waals surface area contributed by atoms with Crippen LogP contribution in [0, 0.1) is 0 Å². The van der Waals surface area contributed by atoms with Crippen molar-refractivity contribution in [1.82, 2.24) is 10.3 Å². The summed E-state index contributed by atoms with van der Waals surface area (Å²) in [5, 5.41) is 3.29. The van der Waals surface area contributed by atoms with E-state index < -0.39 is 0 Å². The number of aromatic nitrogens is 1. The molecule has 4 heteroatoms. The third-order valence-corrected chi connectivity index (χ3v) is 3.11. The molecule has 0 aromatic carbocycles. The van der Waals surface area contributed by atoms with E-state index in [9.17, 15) is 0 Å². The lowest BCUT2D eigenvalue weighted by Crippen LogP contribution is -2.14. The van der Waals surface area contributed by atoms with E-state index in [0.717, 1.165) is 50.4 Å². The van der Waals surface area contributed by atoms with Crippen LogP contribution in [0.2, 0.25) is 0 Å². The Morgan fingerprint density at radius 3 is 3.06 bits per heavy atom. The van der Waals surface area contributed by atoms with Crippen LogP contribution in [0.5, 0.6) is 0 Å². The van der Waals surface area contributed by atoms with Gasteiger partial charge in [0.1, 0.15) is 6.10 Å². The summed E-state index contributed by atoms with van der Waals surface area (Å²) >= 11 is 0. The molecule has 17 heavy (non-hydrogen) atoms. The molecule has 1 aliphatic rings. The van der Waals surface area contributed by atoms with Crippen LogP contribution in [-0.2, 0) is 11.2 Å². The summed E-state index contributed by atoms with van der Waals surface area (Å²) in [5.74, 6) is 1.73. The molecule has 2 heterocycles. The first-order chi connectivity index (χ1) is 8.29. The van der Waals surface area contributed by atoms with Gasteiger partial charge in [0.15, 0.2) is 11.7 Å². The predicted molar refractivity (Wildman–Crippen MR) is 65.9 cm³/mol. The number of nitrogens with one attached hydrogen (secondary N) is 1. The van der Waals surface area contributed by atoms with Crippen molar-refractivity contribution < 1.29 is 9.15 Å². The summed E-state index contributed by atoms with van der Waals surface area (Å²) in [5.41, 5.74) is 0. The SMILES string of the molecule is CCNCCCc1ncc(C2CCC(C)O2)o1. The third kappa shape index (κ3) is 3.54. The Morgan fingerprint density at radius 2 is 2.35 bits per heavy atom. The molecule has 1 fully saturated rings. The molecule has 4 nitrogen and oxygen atoms in total. The second-order valence-electron chi connectivity index (χ2n) is 4.63. The molecule has 1 N–H and O–H groups in total. The van der Waals surface area contributed by atoms with Gasteiger partial charge in [-0.2, -0.15) is 0 Å². The van der Waals surface area contributed by atoms with Crippen LogP contribution in [0.3, 0.4) is 0 Å². The zero-order chi connectivity index (χ0) is 12.1. The summed E-state index contributed by atoms with van der Waals surface area (Å²) in [6, 6.07) is 0. The predicted octanol–water partition coefficient (Wildman–Crippen LogP) is 2.46. The van der Waals surface area contributed by atoms with Crippen molar-refractivity contribution >= 4 is 0 Å². The van der Waals surface area contributed by atoms with Gasteiger partial charge in [-0.1, -0.05) is 6.92 Å². The van der Waals surface area contributed by atoms with Crippen molar-refractivity contribution in [1.29, 1.82) is 0 Å². The van der Waals surface area contributed by atoms with E-state index in [4.69, 9.17) is 9.15 Å². The Morgan fingerprint density at radius 1 is 1.47 bits per heavy atom. The standard InChI is InChI=1S/C13H22N2O2/c1-3-14-8-4-5-13-15-9-12(17-13)11-7-6-10(2)16-11/h9-11,14H,3-8H2,1-2H3. The van der Waals surface area contributed by atoms with E-state index in [1.54, 1.807) is 0 Å². The number of hydrogen-bond acceptors (Lipinski definition) is 4. The fourth-order valence-electron chi connectivity index (χ4n) is 2.14. The molecule has 0 amide bonds. The Bertz CT molecular complexity index is 338. The molecule has 96 valence electrons. The zero-order valence-electron chi connectivity index (χ0n) is 10.7. The molecule has 2 atom stereocenters. The van der Waals surface area contributed by atoms with Crippen LogP contribution >= 0.6 is 0 Å². The molecule has 1 aliphatic heterocycles. The Balaban J connectivity index is 1.79. The maximum absolute atomic E-state index is 5.76. The highest BCUT2D eigenvalue weighted by Crippen LogP contribution is 2.32. The third-order valence-electron chi connectivity index (χ3n) is 3.11. The van der Waals surface area contributed by atoms with Crippen molar-refractivity contribution in [3.63, 3.8) is 0 Å². The number of nitrogens with zero attached hydrogens (tertiary/aromatic N) is 1. The average molecular weight is 238 g/mol. The maximum Gasteiger partial charge on any atom is 0.194 e. The normalized spacial score (nSPS) is 24.4. The maximum atomic E-state index is 5.76. The first-order valence-corrected chi connectivity index (χ1v) is 6.60. The lowest BCUT2D eigenvalue weighted by atomic mass is 10.2. The molecule has 1 aromatic heterocycles. The van der Waals surface area contributed by atoms with Crippen LogP contribution in [-0.4, -0.2) is 24.2 Å². The highest BCUT2D eigenvalue weighted by Gasteiger charge is 2.26. The Kier molecular flexibility index (Phi) is 4.57. The van der Waals surface area contributed by atoms with Gasteiger partial charge in [-0.25, -0.2) is 4.98 Å². The molecule has 0 bridgehead atoms. The highest BCUT2D eigenvalue weighted by molar-refractivity contribution is 5.00. The minimum Gasteiger partial charge on any atom is -0.443 e. The minimum absolute atomic E-state index is 0.125. The van der Waals surface area contributed by atoms with Crippen molar-refractivity contribution in [3.05, 3.63) is 17.8 Å². The first-order valence-electron chi connectivity index (χ1n) is 6.60. The fourth-order valence-corrected chi connectivity index (χ4v) is 2.14. The molecule has 0 aliphatic carbocycles. The molecule has 2 rings (SSSR count). The minimum atomic E-state index is 0.125. The lowest BCUT2D eigenvalue weighted by molar-refractivity contribution is 0.0417. The van der Waals surface area contributed by atoms with E-state index in [1.807, 2.05) is 6.20 Å². The van der Waals surface area contributed by atoms with Crippen LogP contribution in [0.4, 0.5) is 0 Å². The summed E-state index contributed by atoms with van der Waals surface area (Å²) in [7, 11) is 0. The summed E-state index contributed by atoms with van der Waals surface area (Å²) in [6.07, 6.45) is 6.42. The summed E-state index contributed by atoms with van der Waals surface area (Å²) < 4.78 is 11.5. The van der Waals surface area contributed by atoms with Crippen molar-refractivity contribution in [3.8, 4) is 0 Å². The van der Waals surface area contributed by atoms with E-state index in [2.05, 4.69) is 24.1 Å². The molecule has 0 radical (unpaired) electrons. The second-order valence-corrected chi connectivity index (χ2v) is 4.63. The van der Waals surface area contributed by atoms with E-state index in [0.29, 0.717) is 6.10 Å². The molecular formula is C13H22N2O2. The number of hydrogen-bond donors (Lipinski definition) is 1. The second kappa shape index (κ2) is 6.17. The van der Waals surface area contributed by atoms with Gasteiger partial charge in [0, 0.05) is 6.42 Å². The quantitative estimate of drug-likeness (QED) is 0.773. The van der Waals surface area contributed by atoms with Gasteiger partial charge in [0.05, 0.1) is 12.3 Å². The lowest BCUT2D eigenvalue weighted by Gasteiger charge is -2.06. The summed E-state index contributed by atoms with van der Waals surface area (Å²) in [4.78, 5) is 4.31. The van der Waals surface area contributed by atoms with Gasteiger partial charge >= 0.3 is 0 Å². The number of oxazole rings is 1. The monoisotopic (exact) mass is 238 g/mol. The number of aryl methyl sites for hydroxylation is 1. The van der Waals surface area contributed by atoms with Gasteiger partial charge in [-0.15, -0.1) is 0 Å². The van der Waals surface area contributed by atoms with Crippen molar-refractivity contribution in [2.45, 2.75) is 51.7 Å². The topological polar surface area (TPSA) is 47.3 Å². The first kappa shape index (κ1) is 12.6. The van der Waals surface area contributed by atoms with Gasteiger partial charge in [0.2, 0.25) is 0 Å². The van der Waals surface area contributed by atoms with Crippen LogP contribution in [0.25, 0.3) is 0 Å². The fraction of sp³-hybridized carbons (Fsp3) is 0.769. The van der Waals surface area contributed by atoms with Gasteiger partial charge in [0.25, 0.3) is 0 Å². The van der Waals surface area contributed by atoms with Gasteiger partial charge in [-0.05, 0) is 39.3 Å². The Hall–Kier alpha value is -0.870.